The highest BCUT2D eigenvalue weighted by molar-refractivity contribution is 6.08. The largest absolute Gasteiger partial charge is 0.457 e. The standard InChI is InChI=1S/C20H19NO3/c1-13-7-8-15(9-14(13)2)10-20(23)24-12-19(22)17-11-21-18-6-4-3-5-16(17)18/h3-9,11,21H,10,12H2,1-2H3. The van der Waals surface area contributed by atoms with Crippen LogP contribution in [0.15, 0.2) is 48.7 Å². The fraction of sp³-hybridized carbons (Fsp3) is 0.200. The Morgan fingerprint density at radius 1 is 1.04 bits per heavy atom. The van der Waals surface area contributed by atoms with Crippen molar-refractivity contribution in [2.24, 2.45) is 0 Å². The van der Waals surface area contributed by atoms with E-state index >= 15 is 0 Å². The first-order valence-corrected chi connectivity index (χ1v) is 7.85. The maximum Gasteiger partial charge on any atom is 0.310 e. The lowest BCUT2D eigenvalue weighted by molar-refractivity contribution is -0.141. The lowest BCUT2D eigenvalue weighted by Crippen LogP contribution is -2.15. The van der Waals surface area contributed by atoms with Crippen LogP contribution in [0.2, 0.25) is 0 Å². The monoisotopic (exact) mass is 321 g/mol. The van der Waals surface area contributed by atoms with E-state index in [-0.39, 0.29) is 18.8 Å². The third-order valence-electron chi connectivity index (χ3n) is 4.17. The van der Waals surface area contributed by atoms with Crippen molar-refractivity contribution < 1.29 is 14.3 Å². The van der Waals surface area contributed by atoms with Crippen LogP contribution in [0, 0.1) is 13.8 Å². The molecule has 0 radical (unpaired) electrons. The van der Waals surface area contributed by atoms with Gasteiger partial charge >= 0.3 is 5.97 Å². The van der Waals surface area contributed by atoms with Gasteiger partial charge in [0, 0.05) is 22.7 Å². The third-order valence-corrected chi connectivity index (χ3v) is 4.17. The molecule has 1 heterocycles. The number of H-pyrrole nitrogens is 1. The number of aryl methyl sites for hydroxylation is 2. The minimum absolute atomic E-state index is 0.169. The predicted octanol–water partition coefficient (Wildman–Crippen LogP) is 3.75. The lowest BCUT2D eigenvalue weighted by atomic mass is 10.0. The fourth-order valence-electron chi connectivity index (χ4n) is 2.66. The van der Waals surface area contributed by atoms with Crippen molar-refractivity contribution in [1.82, 2.24) is 4.98 Å². The van der Waals surface area contributed by atoms with Crippen LogP contribution in [-0.4, -0.2) is 23.3 Å². The summed E-state index contributed by atoms with van der Waals surface area (Å²) in [4.78, 5) is 27.3. The molecule has 4 nitrogen and oxygen atoms in total. The maximum atomic E-state index is 12.3. The Morgan fingerprint density at radius 3 is 2.62 bits per heavy atom. The van der Waals surface area contributed by atoms with Crippen molar-refractivity contribution in [2.45, 2.75) is 20.3 Å². The molecule has 1 aromatic heterocycles. The summed E-state index contributed by atoms with van der Waals surface area (Å²) in [6, 6.07) is 13.4. The maximum absolute atomic E-state index is 12.3. The Balaban J connectivity index is 1.61. The van der Waals surface area contributed by atoms with Gasteiger partial charge in [-0.05, 0) is 36.6 Å². The van der Waals surface area contributed by atoms with Crippen molar-refractivity contribution in [3.63, 3.8) is 0 Å². The number of fused-ring (bicyclic) bond motifs is 1. The van der Waals surface area contributed by atoms with Gasteiger partial charge in [0.2, 0.25) is 5.78 Å². The predicted molar refractivity (Wildman–Crippen MR) is 93.2 cm³/mol. The Kier molecular flexibility index (Phi) is 4.47. The van der Waals surface area contributed by atoms with E-state index in [1.807, 2.05) is 56.3 Å². The molecule has 0 bridgehead atoms. The van der Waals surface area contributed by atoms with Crippen LogP contribution in [0.5, 0.6) is 0 Å². The number of carbonyl (C=O) groups is 2. The second-order valence-corrected chi connectivity index (χ2v) is 5.93. The first-order valence-electron chi connectivity index (χ1n) is 7.85. The van der Waals surface area contributed by atoms with E-state index in [1.165, 1.54) is 5.56 Å². The number of ketones is 1. The van der Waals surface area contributed by atoms with Gasteiger partial charge in [0.25, 0.3) is 0 Å². The van der Waals surface area contributed by atoms with Gasteiger partial charge in [-0.15, -0.1) is 0 Å². The van der Waals surface area contributed by atoms with Crippen LogP contribution in [0.25, 0.3) is 10.9 Å². The van der Waals surface area contributed by atoms with Crippen molar-refractivity contribution in [1.29, 1.82) is 0 Å². The van der Waals surface area contributed by atoms with E-state index in [4.69, 9.17) is 4.74 Å². The molecule has 3 aromatic rings. The van der Waals surface area contributed by atoms with Gasteiger partial charge in [0.15, 0.2) is 6.61 Å². The van der Waals surface area contributed by atoms with Gasteiger partial charge in [-0.1, -0.05) is 36.4 Å². The summed E-state index contributed by atoms with van der Waals surface area (Å²) in [6.45, 7) is 3.79. The van der Waals surface area contributed by atoms with Crippen molar-refractivity contribution in [2.75, 3.05) is 6.61 Å². The molecule has 122 valence electrons. The molecule has 0 saturated carbocycles. The highest BCUT2D eigenvalue weighted by Crippen LogP contribution is 2.18. The summed E-state index contributed by atoms with van der Waals surface area (Å²) in [5.41, 5.74) is 4.64. The molecule has 0 aliphatic rings. The average Bonchev–Trinajstić information content (AvgIpc) is 3.00. The molecule has 0 aliphatic carbocycles. The number of ether oxygens (including phenoxy) is 1. The molecule has 2 aromatic carbocycles. The van der Waals surface area contributed by atoms with Gasteiger partial charge < -0.3 is 9.72 Å². The van der Waals surface area contributed by atoms with Crippen LogP contribution in [0.4, 0.5) is 0 Å². The minimum Gasteiger partial charge on any atom is -0.457 e. The lowest BCUT2D eigenvalue weighted by Gasteiger charge is -2.06. The summed E-state index contributed by atoms with van der Waals surface area (Å²) < 4.78 is 5.15. The van der Waals surface area contributed by atoms with Gasteiger partial charge in [-0.25, -0.2) is 0 Å². The average molecular weight is 321 g/mol. The number of carbonyl (C=O) groups excluding carboxylic acids is 2. The molecule has 0 fully saturated rings. The van der Waals surface area contributed by atoms with E-state index < -0.39 is 5.97 Å². The van der Waals surface area contributed by atoms with Gasteiger partial charge in [0.1, 0.15) is 0 Å². The number of aromatic amines is 1. The number of aromatic nitrogens is 1. The molecular formula is C20H19NO3. The minimum atomic E-state index is -0.397. The summed E-state index contributed by atoms with van der Waals surface area (Å²) in [5.74, 6) is -0.604. The molecule has 0 unspecified atom stereocenters. The normalized spacial score (nSPS) is 10.8. The zero-order chi connectivity index (χ0) is 17.1. The van der Waals surface area contributed by atoms with Crippen molar-refractivity contribution in [3.8, 4) is 0 Å². The molecule has 0 saturated heterocycles. The second kappa shape index (κ2) is 6.71. The van der Waals surface area contributed by atoms with Crippen molar-refractivity contribution >= 4 is 22.7 Å². The summed E-state index contributed by atoms with van der Waals surface area (Å²) >= 11 is 0. The Morgan fingerprint density at radius 2 is 1.83 bits per heavy atom. The summed E-state index contributed by atoms with van der Waals surface area (Å²) in [5, 5.41) is 0.840. The molecule has 0 amide bonds. The van der Waals surface area contributed by atoms with Crippen molar-refractivity contribution in [3.05, 3.63) is 70.9 Å². The third kappa shape index (κ3) is 3.38. The molecule has 3 rings (SSSR count). The van der Waals surface area contributed by atoms with Gasteiger partial charge in [-0.3, -0.25) is 9.59 Å². The molecule has 1 N–H and O–H groups in total. The zero-order valence-corrected chi connectivity index (χ0v) is 13.8. The number of nitrogens with one attached hydrogen (secondary N) is 1. The number of hydrogen-bond donors (Lipinski definition) is 1. The molecule has 0 atom stereocenters. The van der Waals surface area contributed by atoms with Crippen LogP contribution >= 0.6 is 0 Å². The number of Topliss-reactive ketones (excluding diaryl/α,β-unsaturated/α-hetero) is 1. The highest BCUT2D eigenvalue weighted by Gasteiger charge is 2.14. The molecule has 24 heavy (non-hydrogen) atoms. The van der Waals surface area contributed by atoms with Crippen LogP contribution in [0.1, 0.15) is 27.0 Å². The number of para-hydroxylation sites is 1. The Bertz CT molecular complexity index is 908. The molecular weight excluding hydrogens is 302 g/mol. The fourth-order valence-corrected chi connectivity index (χ4v) is 2.66. The van der Waals surface area contributed by atoms with E-state index in [0.29, 0.717) is 5.56 Å². The first kappa shape index (κ1) is 16.0. The van der Waals surface area contributed by atoms with Gasteiger partial charge in [0.05, 0.1) is 6.42 Å². The SMILES string of the molecule is Cc1ccc(CC(=O)OCC(=O)c2c[nH]c3ccccc23)cc1C. The highest BCUT2D eigenvalue weighted by atomic mass is 16.5. The van der Waals surface area contributed by atoms with E-state index in [9.17, 15) is 9.59 Å². The number of benzene rings is 2. The topological polar surface area (TPSA) is 59.2 Å². The Labute approximate surface area is 140 Å². The van der Waals surface area contributed by atoms with Gasteiger partial charge in [-0.2, -0.15) is 0 Å². The van der Waals surface area contributed by atoms with E-state index in [0.717, 1.165) is 22.0 Å². The number of rotatable bonds is 5. The van der Waals surface area contributed by atoms with Crippen LogP contribution in [-0.2, 0) is 16.0 Å². The van der Waals surface area contributed by atoms with E-state index in [1.54, 1.807) is 6.20 Å². The first-order chi connectivity index (χ1) is 11.5. The molecule has 4 heteroatoms. The van der Waals surface area contributed by atoms with E-state index in [2.05, 4.69) is 4.98 Å². The quantitative estimate of drug-likeness (QED) is 0.575. The summed E-state index contributed by atoms with van der Waals surface area (Å²) in [7, 11) is 0. The number of hydrogen-bond acceptors (Lipinski definition) is 3. The Hall–Kier alpha value is -2.88. The molecule has 0 aliphatic heterocycles. The number of esters is 1. The summed E-state index contributed by atoms with van der Waals surface area (Å²) in [6.07, 6.45) is 1.83. The smallest absolute Gasteiger partial charge is 0.310 e. The molecule has 0 spiro atoms. The second-order valence-electron chi connectivity index (χ2n) is 5.93. The van der Waals surface area contributed by atoms with Crippen LogP contribution < -0.4 is 0 Å². The van der Waals surface area contributed by atoms with Crippen LogP contribution in [0.3, 0.4) is 0 Å². The zero-order valence-electron chi connectivity index (χ0n) is 13.8.